The van der Waals surface area contributed by atoms with Gasteiger partial charge in [0.05, 0.1) is 19.3 Å². The molecule has 1 aliphatic heterocycles. The summed E-state index contributed by atoms with van der Waals surface area (Å²) in [6.45, 7) is 5.77. The Kier molecular flexibility index (Phi) is 6.17. The van der Waals surface area contributed by atoms with Crippen molar-refractivity contribution in [2.75, 3.05) is 40.0 Å². The number of amides is 1. The lowest BCUT2D eigenvalue weighted by Gasteiger charge is -2.60. The highest BCUT2D eigenvalue weighted by Gasteiger charge is 2.56. The number of carbonyl (C=O) groups is 1. The number of likely N-dealkylation sites (N-methyl/N-ethyl adjacent to an activating group) is 1. The van der Waals surface area contributed by atoms with Crippen molar-refractivity contribution < 1.29 is 14.3 Å². The summed E-state index contributed by atoms with van der Waals surface area (Å²) in [5.74, 6) is 0.644. The highest BCUT2D eigenvalue weighted by atomic mass is 16.5. The van der Waals surface area contributed by atoms with Crippen molar-refractivity contribution in [3.63, 3.8) is 0 Å². The summed E-state index contributed by atoms with van der Waals surface area (Å²) < 4.78 is 11.4. The van der Waals surface area contributed by atoms with E-state index in [2.05, 4.69) is 24.2 Å². The molecule has 1 saturated heterocycles. The number of nitrogens with zero attached hydrogens (tertiary/aromatic N) is 1. The van der Waals surface area contributed by atoms with Gasteiger partial charge in [-0.15, -0.1) is 0 Å². The van der Waals surface area contributed by atoms with Gasteiger partial charge in [0.15, 0.2) is 0 Å². The molecule has 0 aromatic carbocycles. The molecule has 2 aliphatic carbocycles. The van der Waals surface area contributed by atoms with E-state index < -0.39 is 0 Å². The molecular formula is C19H34N2O3. The van der Waals surface area contributed by atoms with E-state index in [1.165, 1.54) is 32.1 Å². The molecule has 1 heterocycles. The van der Waals surface area contributed by atoms with Crippen LogP contribution < -0.4 is 5.32 Å². The lowest BCUT2D eigenvalue weighted by atomic mass is 9.54. The molecule has 1 amide bonds. The minimum Gasteiger partial charge on any atom is -0.381 e. The van der Waals surface area contributed by atoms with Crippen molar-refractivity contribution >= 4 is 5.91 Å². The van der Waals surface area contributed by atoms with Gasteiger partial charge in [0, 0.05) is 37.1 Å². The van der Waals surface area contributed by atoms with Crippen molar-refractivity contribution in [2.45, 2.75) is 64.0 Å². The van der Waals surface area contributed by atoms with Crippen LogP contribution in [0.2, 0.25) is 0 Å². The highest BCUT2D eigenvalue weighted by molar-refractivity contribution is 5.78. The predicted octanol–water partition coefficient (Wildman–Crippen LogP) is 2.20. The second-order valence-electron chi connectivity index (χ2n) is 7.94. The zero-order chi connectivity index (χ0) is 17.0. The number of ether oxygens (including phenoxy) is 2. The summed E-state index contributed by atoms with van der Waals surface area (Å²) in [5.41, 5.74) is 0.294. The molecule has 0 bridgehead atoms. The second-order valence-corrected chi connectivity index (χ2v) is 7.94. The third kappa shape index (κ3) is 3.78. The Labute approximate surface area is 146 Å². The molecular weight excluding hydrogens is 304 g/mol. The first-order valence-corrected chi connectivity index (χ1v) is 9.82. The van der Waals surface area contributed by atoms with Crippen LogP contribution in [-0.4, -0.2) is 62.9 Å². The molecule has 2 saturated carbocycles. The second kappa shape index (κ2) is 8.15. The highest BCUT2D eigenvalue weighted by Crippen LogP contribution is 2.55. The topological polar surface area (TPSA) is 50.8 Å². The van der Waals surface area contributed by atoms with Crippen LogP contribution >= 0.6 is 0 Å². The maximum atomic E-state index is 12.3. The maximum absolute atomic E-state index is 12.3. The average molecular weight is 338 g/mol. The molecule has 5 heteroatoms. The Balaban J connectivity index is 1.49. The Morgan fingerprint density at radius 2 is 2.12 bits per heavy atom. The van der Waals surface area contributed by atoms with E-state index in [0.717, 1.165) is 39.2 Å². The molecule has 3 rings (SSSR count). The summed E-state index contributed by atoms with van der Waals surface area (Å²) in [4.78, 5) is 14.6. The van der Waals surface area contributed by atoms with Gasteiger partial charge >= 0.3 is 0 Å². The van der Waals surface area contributed by atoms with Crippen molar-refractivity contribution in [3.05, 3.63) is 0 Å². The quantitative estimate of drug-likeness (QED) is 0.773. The largest absolute Gasteiger partial charge is 0.381 e. The molecule has 3 fully saturated rings. The molecule has 1 spiro atoms. The van der Waals surface area contributed by atoms with Crippen molar-refractivity contribution in [1.29, 1.82) is 0 Å². The normalized spacial score (nSPS) is 32.0. The molecule has 0 radical (unpaired) electrons. The molecule has 1 N–H and O–H groups in total. The fraction of sp³-hybridized carbons (Fsp3) is 0.947. The molecule has 24 heavy (non-hydrogen) atoms. The molecule has 0 aromatic heterocycles. The minimum absolute atomic E-state index is 0.148. The SMILES string of the molecule is CCO[C@@H]1C[C@@H](N(C)CC(=O)NC[C@H]2CCOC2)C12CCCCC2. The number of nitrogens with one attached hydrogen (secondary N) is 1. The number of hydrogen-bond donors (Lipinski definition) is 1. The van der Waals surface area contributed by atoms with E-state index >= 15 is 0 Å². The van der Waals surface area contributed by atoms with Crippen LogP contribution in [0.5, 0.6) is 0 Å². The van der Waals surface area contributed by atoms with Gasteiger partial charge in [0.25, 0.3) is 0 Å². The van der Waals surface area contributed by atoms with E-state index in [1.807, 2.05) is 0 Å². The summed E-state index contributed by atoms with van der Waals surface area (Å²) >= 11 is 0. The van der Waals surface area contributed by atoms with Gasteiger partial charge in [-0.1, -0.05) is 19.3 Å². The molecule has 0 aromatic rings. The zero-order valence-corrected chi connectivity index (χ0v) is 15.4. The maximum Gasteiger partial charge on any atom is 0.234 e. The van der Waals surface area contributed by atoms with Crippen LogP contribution in [0.25, 0.3) is 0 Å². The van der Waals surface area contributed by atoms with E-state index in [1.54, 1.807) is 0 Å². The first-order chi connectivity index (χ1) is 11.7. The van der Waals surface area contributed by atoms with Gasteiger partial charge in [0.1, 0.15) is 0 Å². The Bertz CT molecular complexity index is 417. The third-order valence-electron chi connectivity index (χ3n) is 6.43. The Morgan fingerprint density at radius 3 is 2.79 bits per heavy atom. The predicted molar refractivity (Wildman–Crippen MR) is 93.9 cm³/mol. The molecule has 5 nitrogen and oxygen atoms in total. The van der Waals surface area contributed by atoms with Crippen LogP contribution in [0.1, 0.15) is 51.9 Å². The van der Waals surface area contributed by atoms with Crippen LogP contribution in [0.15, 0.2) is 0 Å². The van der Waals surface area contributed by atoms with Gasteiger partial charge < -0.3 is 14.8 Å². The van der Waals surface area contributed by atoms with Gasteiger partial charge in [0.2, 0.25) is 5.91 Å². The van der Waals surface area contributed by atoms with Gasteiger partial charge in [-0.3, -0.25) is 9.69 Å². The summed E-state index contributed by atoms with van der Waals surface area (Å²) in [7, 11) is 2.11. The van der Waals surface area contributed by atoms with Gasteiger partial charge in [-0.05, 0) is 39.7 Å². The van der Waals surface area contributed by atoms with Crippen LogP contribution in [0.3, 0.4) is 0 Å². The first kappa shape index (κ1) is 18.2. The van der Waals surface area contributed by atoms with E-state index in [9.17, 15) is 4.79 Å². The van der Waals surface area contributed by atoms with Gasteiger partial charge in [-0.25, -0.2) is 0 Å². The molecule has 3 atom stereocenters. The number of rotatable bonds is 7. The van der Waals surface area contributed by atoms with Crippen molar-refractivity contribution in [3.8, 4) is 0 Å². The first-order valence-electron chi connectivity index (χ1n) is 9.82. The number of carbonyl (C=O) groups excluding carboxylic acids is 1. The summed E-state index contributed by atoms with van der Waals surface area (Å²) in [6.07, 6.45) is 9.02. The fourth-order valence-corrected chi connectivity index (χ4v) is 5.04. The fourth-order valence-electron chi connectivity index (χ4n) is 5.04. The van der Waals surface area contributed by atoms with Crippen LogP contribution in [0.4, 0.5) is 0 Å². The monoisotopic (exact) mass is 338 g/mol. The third-order valence-corrected chi connectivity index (χ3v) is 6.43. The van der Waals surface area contributed by atoms with Crippen LogP contribution in [0, 0.1) is 11.3 Å². The van der Waals surface area contributed by atoms with E-state index in [4.69, 9.17) is 9.47 Å². The lowest BCUT2D eigenvalue weighted by molar-refractivity contribution is -0.179. The smallest absolute Gasteiger partial charge is 0.234 e. The Hall–Kier alpha value is -0.650. The van der Waals surface area contributed by atoms with Crippen LogP contribution in [-0.2, 0) is 14.3 Å². The molecule has 0 unspecified atom stereocenters. The number of hydrogen-bond acceptors (Lipinski definition) is 4. The molecule has 3 aliphatic rings. The molecule has 138 valence electrons. The van der Waals surface area contributed by atoms with E-state index in [0.29, 0.717) is 30.0 Å². The van der Waals surface area contributed by atoms with Gasteiger partial charge in [-0.2, -0.15) is 0 Å². The summed E-state index contributed by atoms with van der Waals surface area (Å²) in [6, 6.07) is 0.495. The van der Waals surface area contributed by atoms with E-state index in [-0.39, 0.29) is 5.91 Å². The summed E-state index contributed by atoms with van der Waals surface area (Å²) in [5, 5.41) is 3.09. The minimum atomic E-state index is 0.148. The standard InChI is InChI=1S/C19H34N2O3/c1-3-24-17-11-16(19(17)8-5-4-6-9-19)21(2)13-18(22)20-12-15-7-10-23-14-15/h15-17H,3-14H2,1-2H3,(H,20,22)/t15-,16-,17-/m1/s1. The van der Waals surface area contributed by atoms with Crippen molar-refractivity contribution in [1.82, 2.24) is 10.2 Å². The zero-order valence-electron chi connectivity index (χ0n) is 15.4. The average Bonchev–Trinajstić information content (AvgIpc) is 3.10. The van der Waals surface area contributed by atoms with Crippen molar-refractivity contribution in [2.24, 2.45) is 11.3 Å². The lowest BCUT2D eigenvalue weighted by Crippen LogP contribution is -2.65. The Morgan fingerprint density at radius 1 is 1.33 bits per heavy atom.